The van der Waals surface area contributed by atoms with E-state index >= 15 is 0 Å². The monoisotopic (exact) mass is 511 g/mol. The topological polar surface area (TPSA) is 15.9 Å². The molecule has 2 fully saturated rings. The molecule has 3 aliphatic rings. The van der Waals surface area contributed by atoms with Crippen LogP contribution in [0.15, 0.2) is 73.5 Å². The van der Waals surface area contributed by atoms with Crippen molar-refractivity contribution in [3.63, 3.8) is 0 Å². The van der Waals surface area contributed by atoms with Crippen LogP contribution in [0.2, 0.25) is 19.6 Å². The predicted octanol–water partition coefficient (Wildman–Crippen LogP) is 7.24. The van der Waals surface area contributed by atoms with Gasteiger partial charge in [-0.3, -0.25) is 0 Å². The largest absolute Gasteiger partial charge is 0.312 e. The minimum absolute atomic E-state index is 0.0795. The third-order valence-corrected chi connectivity index (χ3v) is 11.7. The summed E-state index contributed by atoms with van der Waals surface area (Å²) in [6, 6.07) is 12.2. The van der Waals surface area contributed by atoms with E-state index in [4.69, 9.17) is 0 Å². The van der Waals surface area contributed by atoms with Gasteiger partial charge in [-0.25, -0.2) is 0 Å². The molecule has 3 heteroatoms. The van der Waals surface area contributed by atoms with Gasteiger partial charge in [-0.15, -0.1) is 6.58 Å². The third kappa shape index (κ3) is 4.42. The molecular formula is C34H47N2Si+. The number of fused-ring (bicyclic) bond motifs is 6. The molecule has 5 rings (SSSR count). The molecule has 2 saturated carbocycles. The number of hydrogen-bond acceptors (Lipinski definition) is 1. The minimum Gasteiger partial charge on any atom is -0.312 e. The van der Waals surface area contributed by atoms with Gasteiger partial charge in [0.1, 0.15) is 0 Å². The zero-order chi connectivity index (χ0) is 26.4. The minimum atomic E-state index is -1.54. The van der Waals surface area contributed by atoms with E-state index in [0.717, 1.165) is 12.3 Å². The van der Waals surface area contributed by atoms with Crippen LogP contribution in [-0.2, 0) is 6.42 Å². The van der Waals surface area contributed by atoms with Gasteiger partial charge in [0.15, 0.2) is 12.2 Å². The Morgan fingerprint density at radius 3 is 2.54 bits per heavy atom. The Kier molecular flexibility index (Phi) is 7.24. The van der Waals surface area contributed by atoms with E-state index in [0.29, 0.717) is 17.9 Å². The first-order valence-corrected chi connectivity index (χ1v) is 18.0. The third-order valence-electron chi connectivity index (χ3n) is 9.64. The molecule has 0 saturated heterocycles. The standard InChI is InChI=1S/C34H47N2Si/c1-8-15-24(3)22-34(35-4)29(9-2)33-32(34)28-19-14-13-18-27(28)30-21-26(20-25-16-11-10-12-17-25)31(23-36(30)33)37(5,6)7/h8-9,13-15,18-19,21,23,25,29,32-33,35H,2-3,10-12,16-17,20,22H2,1,4-7H3/q+1/b15-8-. The number of aromatic nitrogens is 1. The zero-order valence-electron chi connectivity index (χ0n) is 23.8. The van der Waals surface area contributed by atoms with Crippen molar-refractivity contribution in [2.75, 3.05) is 7.05 Å². The average Bonchev–Trinajstić information content (AvgIpc) is 2.87. The van der Waals surface area contributed by atoms with Gasteiger partial charge in [0.25, 0.3) is 0 Å². The highest BCUT2D eigenvalue weighted by Gasteiger charge is 2.67. The molecule has 1 aromatic carbocycles. The molecule has 0 bridgehead atoms. The summed E-state index contributed by atoms with van der Waals surface area (Å²) < 4.78 is 2.67. The van der Waals surface area contributed by atoms with Gasteiger partial charge in [-0.2, -0.15) is 4.57 Å². The van der Waals surface area contributed by atoms with Crippen LogP contribution in [0.3, 0.4) is 0 Å². The fourth-order valence-electron chi connectivity index (χ4n) is 7.98. The Bertz CT molecular complexity index is 1210. The van der Waals surface area contributed by atoms with Crippen LogP contribution in [0.25, 0.3) is 11.3 Å². The van der Waals surface area contributed by atoms with Crippen LogP contribution in [-0.4, -0.2) is 20.7 Å². The van der Waals surface area contributed by atoms with Crippen molar-refractivity contribution in [3.05, 3.63) is 84.6 Å². The van der Waals surface area contributed by atoms with E-state index < -0.39 is 8.07 Å². The van der Waals surface area contributed by atoms with Crippen LogP contribution in [0.1, 0.15) is 68.5 Å². The predicted molar refractivity (Wildman–Crippen MR) is 161 cm³/mol. The van der Waals surface area contributed by atoms with Crippen LogP contribution in [0, 0.1) is 11.8 Å². The summed E-state index contributed by atoms with van der Waals surface area (Å²) >= 11 is 0. The number of nitrogens with zero attached hydrogens (tertiary/aromatic N) is 1. The summed E-state index contributed by atoms with van der Waals surface area (Å²) in [4.78, 5) is 0. The summed E-state index contributed by atoms with van der Waals surface area (Å²) in [5.41, 5.74) is 7.03. The highest BCUT2D eigenvalue weighted by Crippen LogP contribution is 2.61. The van der Waals surface area contributed by atoms with Crippen molar-refractivity contribution in [2.24, 2.45) is 11.8 Å². The number of benzene rings is 1. The molecule has 4 unspecified atom stereocenters. The molecular weight excluding hydrogens is 464 g/mol. The van der Waals surface area contributed by atoms with E-state index in [-0.39, 0.29) is 5.54 Å². The van der Waals surface area contributed by atoms with E-state index in [1.807, 2.05) is 0 Å². The van der Waals surface area contributed by atoms with Crippen LogP contribution in [0.4, 0.5) is 0 Å². The Morgan fingerprint density at radius 1 is 1.16 bits per heavy atom. The highest BCUT2D eigenvalue weighted by molar-refractivity contribution is 6.89. The summed E-state index contributed by atoms with van der Waals surface area (Å²) in [6.07, 6.45) is 18.3. The fourth-order valence-corrected chi connectivity index (χ4v) is 9.64. The Hall–Kier alpha value is -2.23. The van der Waals surface area contributed by atoms with Crippen molar-refractivity contribution < 1.29 is 4.57 Å². The first-order valence-electron chi connectivity index (χ1n) is 14.5. The maximum absolute atomic E-state index is 4.42. The van der Waals surface area contributed by atoms with E-state index in [2.05, 4.69) is 111 Å². The first kappa shape index (κ1) is 26.4. The van der Waals surface area contributed by atoms with E-state index in [9.17, 15) is 0 Å². The lowest BCUT2D eigenvalue weighted by atomic mass is 9.49. The summed E-state index contributed by atoms with van der Waals surface area (Å²) in [5, 5.41) is 5.47. The van der Waals surface area contributed by atoms with Gasteiger partial charge in [0, 0.05) is 22.4 Å². The maximum Gasteiger partial charge on any atom is 0.213 e. The molecule has 2 aromatic rings. The van der Waals surface area contributed by atoms with Crippen molar-refractivity contribution in [1.82, 2.24) is 5.32 Å². The molecule has 2 heterocycles. The normalized spacial score (nSPS) is 27.2. The lowest BCUT2D eigenvalue weighted by molar-refractivity contribution is -0.739. The Labute approximate surface area is 226 Å². The average molecular weight is 512 g/mol. The number of allylic oxidation sites excluding steroid dienone is 2. The molecule has 0 amide bonds. The summed E-state index contributed by atoms with van der Waals surface area (Å²) in [7, 11) is 0.599. The molecule has 1 aromatic heterocycles. The second-order valence-electron chi connectivity index (χ2n) is 12.9. The van der Waals surface area contributed by atoms with Crippen LogP contribution < -0.4 is 15.1 Å². The second-order valence-corrected chi connectivity index (χ2v) is 17.9. The van der Waals surface area contributed by atoms with Gasteiger partial charge in [-0.05, 0) is 49.9 Å². The molecule has 0 radical (unpaired) electrons. The molecule has 37 heavy (non-hydrogen) atoms. The van der Waals surface area contributed by atoms with Gasteiger partial charge in [0.05, 0.1) is 19.9 Å². The number of likely N-dealkylation sites (N-methyl/N-ethyl adjacent to an activating group) is 1. The fraction of sp³-hybridized carbons (Fsp3) is 0.500. The first-order chi connectivity index (χ1) is 17.7. The number of nitrogens with one attached hydrogen (secondary N) is 1. The van der Waals surface area contributed by atoms with Crippen molar-refractivity contribution in [2.45, 2.75) is 89.0 Å². The van der Waals surface area contributed by atoms with Gasteiger partial charge in [-0.1, -0.05) is 100 Å². The molecule has 2 nitrogen and oxygen atoms in total. The quantitative estimate of drug-likeness (QED) is 0.171. The second kappa shape index (κ2) is 10.1. The summed E-state index contributed by atoms with van der Waals surface area (Å²) in [5.74, 6) is 1.56. The zero-order valence-corrected chi connectivity index (χ0v) is 24.8. The summed E-state index contributed by atoms with van der Waals surface area (Å²) in [6.45, 7) is 18.4. The van der Waals surface area contributed by atoms with E-state index in [1.165, 1.54) is 60.9 Å². The van der Waals surface area contributed by atoms with Gasteiger partial charge >= 0.3 is 0 Å². The van der Waals surface area contributed by atoms with Gasteiger partial charge < -0.3 is 5.32 Å². The Morgan fingerprint density at radius 2 is 1.89 bits per heavy atom. The smallest absolute Gasteiger partial charge is 0.213 e. The highest BCUT2D eigenvalue weighted by atomic mass is 28.3. The maximum atomic E-state index is 4.42. The lowest BCUT2D eigenvalue weighted by Crippen LogP contribution is -2.74. The molecule has 2 aliphatic carbocycles. The molecule has 4 atom stereocenters. The van der Waals surface area contributed by atoms with Crippen molar-refractivity contribution >= 4 is 13.3 Å². The number of pyridine rings is 1. The number of rotatable bonds is 8. The molecule has 0 spiro atoms. The SMILES string of the molecule is C=CC1C2C(c3ccccc3-c3cc(CC4CCCCC4)c([Si](C)(C)C)c[n+]32)C1(CC(=C)/C=C\C)NC. The molecule has 196 valence electrons. The van der Waals surface area contributed by atoms with Crippen LogP contribution >= 0.6 is 0 Å². The van der Waals surface area contributed by atoms with Gasteiger partial charge in [0.2, 0.25) is 5.69 Å². The molecule has 1 N–H and O–H groups in total. The van der Waals surface area contributed by atoms with Crippen LogP contribution in [0.5, 0.6) is 0 Å². The lowest BCUT2D eigenvalue weighted by Gasteiger charge is -2.59. The van der Waals surface area contributed by atoms with Crippen molar-refractivity contribution in [3.8, 4) is 11.3 Å². The molecule has 1 aliphatic heterocycles. The Balaban J connectivity index is 1.67. The van der Waals surface area contributed by atoms with Crippen molar-refractivity contribution in [1.29, 1.82) is 0 Å². The number of hydrogen-bond donors (Lipinski definition) is 1. The van der Waals surface area contributed by atoms with E-state index in [1.54, 1.807) is 10.8 Å².